The molecule has 2 atom stereocenters. The fraction of sp³-hybridized carbons (Fsp3) is 0.538. The molecular weight excluding hydrogens is 172 g/mol. The van der Waals surface area contributed by atoms with E-state index in [0.717, 1.165) is 24.8 Å². The summed E-state index contributed by atoms with van der Waals surface area (Å²) in [6.07, 6.45) is 3.20. The zero-order valence-electron chi connectivity index (χ0n) is 8.96. The lowest BCUT2D eigenvalue weighted by atomic mass is 9.84. The molecule has 2 rings (SSSR count). The molecule has 0 aromatic heterocycles. The van der Waals surface area contributed by atoms with Gasteiger partial charge in [0.15, 0.2) is 0 Å². The standard InChI is InChI=1S/C13H18O/c1-10-5-3-7-12(9-10)13(14)8-4-6-11(13)2/h3,5,7,9,11,14H,4,6,8H2,1-2H3/t11-,13+/m1/s1. The Labute approximate surface area is 85.8 Å². The summed E-state index contributed by atoms with van der Waals surface area (Å²) in [7, 11) is 0. The summed E-state index contributed by atoms with van der Waals surface area (Å²) >= 11 is 0. The van der Waals surface area contributed by atoms with E-state index in [1.807, 2.05) is 6.07 Å². The lowest BCUT2D eigenvalue weighted by Gasteiger charge is -2.28. The number of hydrogen-bond acceptors (Lipinski definition) is 1. The monoisotopic (exact) mass is 190 g/mol. The van der Waals surface area contributed by atoms with Gasteiger partial charge in [-0.2, -0.15) is 0 Å². The van der Waals surface area contributed by atoms with Crippen molar-refractivity contribution in [2.45, 2.75) is 38.7 Å². The molecule has 0 saturated heterocycles. The molecular formula is C13H18O. The quantitative estimate of drug-likeness (QED) is 0.721. The molecule has 1 nitrogen and oxygen atoms in total. The van der Waals surface area contributed by atoms with Crippen molar-refractivity contribution in [2.24, 2.45) is 5.92 Å². The summed E-state index contributed by atoms with van der Waals surface area (Å²) in [6, 6.07) is 8.27. The van der Waals surface area contributed by atoms with Gasteiger partial charge >= 0.3 is 0 Å². The van der Waals surface area contributed by atoms with E-state index in [9.17, 15) is 5.11 Å². The average Bonchev–Trinajstić information content (AvgIpc) is 2.49. The predicted octanol–water partition coefficient (Wildman–Crippen LogP) is 3.00. The molecule has 14 heavy (non-hydrogen) atoms. The summed E-state index contributed by atoms with van der Waals surface area (Å²) < 4.78 is 0. The van der Waals surface area contributed by atoms with E-state index in [1.54, 1.807) is 0 Å². The average molecular weight is 190 g/mol. The summed E-state index contributed by atoms with van der Waals surface area (Å²) in [5, 5.41) is 10.6. The summed E-state index contributed by atoms with van der Waals surface area (Å²) in [6.45, 7) is 4.22. The highest BCUT2D eigenvalue weighted by Crippen LogP contribution is 2.43. The van der Waals surface area contributed by atoms with Gasteiger partial charge in [-0.1, -0.05) is 36.8 Å². The third-order valence-corrected chi connectivity index (χ3v) is 3.53. The molecule has 1 heteroatoms. The number of aliphatic hydroxyl groups is 1. The van der Waals surface area contributed by atoms with Crippen molar-refractivity contribution in [3.05, 3.63) is 35.4 Å². The smallest absolute Gasteiger partial charge is 0.0922 e. The number of rotatable bonds is 1. The summed E-state index contributed by atoms with van der Waals surface area (Å²) in [5.41, 5.74) is 1.77. The Kier molecular flexibility index (Phi) is 2.36. The molecule has 0 heterocycles. The molecule has 1 saturated carbocycles. The molecule has 1 aliphatic rings. The highest BCUT2D eigenvalue weighted by molar-refractivity contribution is 5.28. The van der Waals surface area contributed by atoms with E-state index in [0.29, 0.717) is 5.92 Å². The Morgan fingerprint density at radius 3 is 2.79 bits per heavy atom. The van der Waals surface area contributed by atoms with Crippen molar-refractivity contribution in [2.75, 3.05) is 0 Å². The maximum absolute atomic E-state index is 10.6. The summed E-state index contributed by atoms with van der Waals surface area (Å²) in [4.78, 5) is 0. The Morgan fingerprint density at radius 2 is 2.21 bits per heavy atom. The molecule has 76 valence electrons. The van der Waals surface area contributed by atoms with Gasteiger partial charge in [-0.25, -0.2) is 0 Å². The van der Waals surface area contributed by atoms with Gasteiger partial charge in [-0.3, -0.25) is 0 Å². The van der Waals surface area contributed by atoms with Crippen LogP contribution in [0.15, 0.2) is 24.3 Å². The zero-order valence-corrected chi connectivity index (χ0v) is 8.96. The second-order valence-corrected chi connectivity index (χ2v) is 4.59. The fourth-order valence-electron chi connectivity index (χ4n) is 2.51. The van der Waals surface area contributed by atoms with Gasteiger partial charge in [-0.05, 0) is 37.7 Å². The van der Waals surface area contributed by atoms with Crippen molar-refractivity contribution >= 4 is 0 Å². The lowest BCUT2D eigenvalue weighted by Crippen LogP contribution is -2.28. The van der Waals surface area contributed by atoms with Gasteiger partial charge < -0.3 is 5.11 Å². The molecule has 1 aliphatic carbocycles. The number of aryl methyl sites for hydroxylation is 1. The maximum atomic E-state index is 10.6. The normalized spacial score (nSPS) is 32.1. The Morgan fingerprint density at radius 1 is 1.43 bits per heavy atom. The molecule has 0 amide bonds. The third-order valence-electron chi connectivity index (χ3n) is 3.53. The van der Waals surface area contributed by atoms with Crippen LogP contribution in [0.3, 0.4) is 0 Å². The summed E-state index contributed by atoms with van der Waals surface area (Å²) in [5.74, 6) is 0.393. The Balaban J connectivity index is 2.38. The highest BCUT2D eigenvalue weighted by atomic mass is 16.3. The van der Waals surface area contributed by atoms with E-state index in [-0.39, 0.29) is 0 Å². The van der Waals surface area contributed by atoms with Gasteiger partial charge in [0.05, 0.1) is 5.60 Å². The van der Waals surface area contributed by atoms with Crippen LogP contribution in [0.25, 0.3) is 0 Å². The van der Waals surface area contributed by atoms with Crippen LogP contribution in [0.1, 0.15) is 37.3 Å². The van der Waals surface area contributed by atoms with Crippen molar-refractivity contribution in [3.63, 3.8) is 0 Å². The first kappa shape index (κ1) is 9.72. The zero-order chi connectivity index (χ0) is 10.2. The molecule has 1 aromatic carbocycles. The van der Waals surface area contributed by atoms with Crippen LogP contribution in [-0.2, 0) is 5.60 Å². The molecule has 1 aromatic rings. The molecule has 0 spiro atoms. The van der Waals surface area contributed by atoms with Gasteiger partial charge in [0.25, 0.3) is 0 Å². The van der Waals surface area contributed by atoms with Crippen LogP contribution in [-0.4, -0.2) is 5.11 Å². The minimum atomic E-state index is -0.563. The van der Waals surface area contributed by atoms with Crippen molar-refractivity contribution in [1.82, 2.24) is 0 Å². The SMILES string of the molecule is Cc1cccc([C@]2(O)CCC[C@H]2C)c1. The number of benzene rings is 1. The van der Waals surface area contributed by atoms with Crippen LogP contribution >= 0.6 is 0 Å². The van der Waals surface area contributed by atoms with E-state index in [4.69, 9.17) is 0 Å². The van der Waals surface area contributed by atoms with Gasteiger partial charge in [0, 0.05) is 0 Å². The molecule has 0 aliphatic heterocycles. The maximum Gasteiger partial charge on any atom is 0.0922 e. The largest absolute Gasteiger partial charge is 0.385 e. The first-order valence-electron chi connectivity index (χ1n) is 5.42. The molecule has 1 N–H and O–H groups in total. The highest BCUT2D eigenvalue weighted by Gasteiger charge is 2.39. The fourth-order valence-corrected chi connectivity index (χ4v) is 2.51. The number of hydrogen-bond donors (Lipinski definition) is 1. The molecule has 0 radical (unpaired) electrons. The Hall–Kier alpha value is -0.820. The first-order valence-corrected chi connectivity index (χ1v) is 5.42. The first-order chi connectivity index (χ1) is 6.63. The Bertz CT molecular complexity index is 332. The molecule has 1 fully saturated rings. The topological polar surface area (TPSA) is 20.2 Å². The lowest BCUT2D eigenvalue weighted by molar-refractivity contribution is 0.00444. The van der Waals surface area contributed by atoms with Crippen LogP contribution < -0.4 is 0 Å². The third kappa shape index (κ3) is 1.46. The van der Waals surface area contributed by atoms with Crippen molar-refractivity contribution in [1.29, 1.82) is 0 Å². The van der Waals surface area contributed by atoms with E-state index >= 15 is 0 Å². The van der Waals surface area contributed by atoms with Gasteiger partial charge in [0.1, 0.15) is 0 Å². The van der Waals surface area contributed by atoms with E-state index < -0.39 is 5.60 Å². The van der Waals surface area contributed by atoms with Gasteiger partial charge in [-0.15, -0.1) is 0 Å². The predicted molar refractivity (Wildman–Crippen MR) is 58.1 cm³/mol. The van der Waals surface area contributed by atoms with Crippen LogP contribution in [0.2, 0.25) is 0 Å². The van der Waals surface area contributed by atoms with Crippen molar-refractivity contribution in [3.8, 4) is 0 Å². The second kappa shape index (κ2) is 3.39. The van der Waals surface area contributed by atoms with E-state index in [2.05, 4.69) is 32.0 Å². The molecule has 0 unspecified atom stereocenters. The van der Waals surface area contributed by atoms with E-state index in [1.165, 1.54) is 5.56 Å². The molecule has 0 bridgehead atoms. The van der Waals surface area contributed by atoms with Crippen LogP contribution in [0.5, 0.6) is 0 Å². The minimum absolute atomic E-state index is 0.393. The van der Waals surface area contributed by atoms with Crippen LogP contribution in [0.4, 0.5) is 0 Å². The second-order valence-electron chi connectivity index (χ2n) is 4.59. The van der Waals surface area contributed by atoms with Crippen molar-refractivity contribution < 1.29 is 5.11 Å². The van der Waals surface area contributed by atoms with Crippen LogP contribution in [0, 0.1) is 12.8 Å². The minimum Gasteiger partial charge on any atom is -0.385 e. The van der Waals surface area contributed by atoms with Gasteiger partial charge in [0.2, 0.25) is 0 Å².